The fraction of sp³-hybridized carbons (Fsp3) is 0.438. The van der Waals surface area contributed by atoms with Crippen LogP contribution in [0.15, 0.2) is 28.6 Å². The number of thioether (sulfide) groups is 1. The largest absolute Gasteiger partial charge is 0.481 e. The Hall–Kier alpha value is -1.60. The molecule has 5 nitrogen and oxygen atoms in total. The van der Waals surface area contributed by atoms with Crippen molar-refractivity contribution in [3.63, 3.8) is 0 Å². The molecular weight excluding hydrogens is 330 g/mol. The van der Waals surface area contributed by atoms with Crippen molar-refractivity contribution in [2.75, 3.05) is 11.1 Å². The van der Waals surface area contributed by atoms with Crippen LogP contribution >= 0.6 is 23.1 Å². The Kier molecular flexibility index (Phi) is 6.85. The summed E-state index contributed by atoms with van der Waals surface area (Å²) in [7, 11) is 0. The fourth-order valence-corrected chi connectivity index (χ4v) is 3.57. The van der Waals surface area contributed by atoms with Crippen molar-refractivity contribution in [3.05, 3.63) is 29.8 Å². The molecule has 0 fully saturated rings. The number of hydrogen-bond donors (Lipinski definition) is 1. The standard InChI is InChI=1S/C16H21N3O2S2/c1-4-11-7-9-12(10-8-11)21-13(5-2)14(20)17-15-18-19-16(23-15)22-6-3/h7-10,13H,4-6H2,1-3H3,(H,17,18,20)/t13-/m0/s1. The second kappa shape index (κ2) is 8.88. The second-order valence-corrected chi connectivity index (χ2v) is 7.30. The minimum Gasteiger partial charge on any atom is -0.481 e. The number of rotatable bonds is 8. The van der Waals surface area contributed by atoms with Gasteiger partial charge in [0.1, 0.15) is 5.75 Å². The molecule has 0 unspecified atom stereocenters. The summed E-state index contributed by atoms with van der Waals surface area (Å²) in [5.41, 5.74) is 1.24. The van der Waals surface area contributed by atoms with E-state index in [1.807, 2.05) is 31.2 Å². The number of aromatic nitrogens is 2. The molecule has 0 aliphatic heterocycles. The Labute approximate surface area is 144 Å². The van der Waals surface area contributed by atoms with E-state index >= 15 is 0 Å². The number of carbonyl (C=O) groups is 1. The Bertz CT molecular complexity index is 629. The van der Waals surface area contributed by atoms with E-state index in [2.05, 4.69) is 29.4 Å². The van der Waals surface area contributed by atoms with Crippen LogP contribution in [0, 0.1) is 0 Å². The summed E-state index contributed by atoms with van der Waals surface area (Å²) in [6.07, 6.45) is 1.01. The van der Waals surface area contributed by atoms with E-state index < -0.39 is 6.10 Å². The quantitative estimate of drug-likeness (QED) is 0.575. The molecule has 0 spiro atoms. The maximum atomic E-state index is 12.3. The van der Waals surface area contributed by atoms with Crippen LogP contribution < -0.4 is 10.1 Å². The van der Waals surface area contributed by atoms with Gasteiger partial charge in [-0.25, -0.2) is 0 Å². The molecule has 1 amide bonds. The normalized spacial score (nSPS) is 12.0. The lowest BCUT2D eigenvalue weighted by atomic mass is 10.2. The number of carbonyl (C=O) groups excluding carboxylic acids is 1. The molecule has 124 valence electrons. The molecule has 1 aromatic heterocycles. The minimum absolute atomic E-state index is 0.198. The number of nitrogens with zero attached hydrogens (tertiary/aromatic N) is 2. The van der Waals surface area contributed by atoms with Crippen LogP contribution in [0.4, 0.5) is 5.13 Å². The van der Waals surface area contributed by atoms with Gasteiger partial charge in [-0.15, -0.1) is 10.2 Å². The summed E-state index contributed by atoms with van der Waals surface area (Å²) in [6, 6.07) is 7.82. The van der Waals surface area contributed by atoms with Gasteiger partial charge in [0.25, 0.3) is 5.91 Å². The van der Waals surface area contributed by atoms with E-state index in [4.69, 9.17) is 4.74 Å². The first-order chi connectivity index (χ1) is 11.2. The Morgan fingerprint density at radius 1 is 1.26 bits per heavy atom. The van der Waals surface area contributed by atoms with Crippen molar-refractivity contribution in [1.82, 2.24) is 10.2 Å². The molecule has 0 bridgehead atoms. The van der Waals surface area contributed by atoms with E-state index in [0.717, 1.165) is 16.5 Å². The first-order valence-electron chi connectivity index (χ1n) is 7.69. The minimum atomic E-state index is -0.548. The number of aryl methyl sites for hydroxylation is 1. The molecular formula is C16H21N3O2S2. The Morgan fingerprint density at radius 2 is 2.00 bits per heavy atom. The third-order valence-corrected chi connectivity index (χ3v) is 5.03. The van der Waals surface area contributed by atoms with Crippen LogP contribution in [-0.2, 0) is 11.2 Å². The molecule has 0 saturated heterocycles. The predicted molar refractivity (Wildman–Crippen MR) is 95.5 cm³/mol. The van der Waals surface area contributed by atoms with Gasteiger partial charge < -0.3 is 4.74 Å². The van der Waals surface area contributed by atoms with Crippen LogP contribution in [0.2, 0.25) is 0 Å². The first kappa shape index (κ1) is 17.7. The van der Waals surface area contributed by atoms with Gasteiger partial charge >= 0.3 is 0 Å². The van der Waals surface area contributed by atoms with Gasteiger partial charge in [0.2, 0.25) is 5.13 Å². The zero-order valence-electron chi connectivity index (χ0n) is 13.5. The van der Waals surface area contributed by atoms with Crippen LogP contribution in [-0.4, -0.2) is 28.0 Å². The van der Waals surface area contributed by atoms with Gasteiger partial charge in [-0.3, -0.25) is 10.1 Å². The number of amides is 1. The Balaban J connectivity index is 1.96. The zero-order chi connectivity index (χ0) is 16.7. The van der Waals surface area contributed by atoms with E-state index in [1.54, 1.807) is 11.8 Å². The molecule has 1 aromatic carbocycles. The summed E-state index contributed by atoms with van der Waals surface area (Å²) in [4.78, 5) is 12.3. The summed E-state index contributed by atoms with van der Waals surface area (Å²) in [5.74, 6) is 1.43. The number of ether oxygens (including phenoxy) is 1. The Morgan fingerprint density at radius 3 is 2.61 bits per heavy atom. The highest BCUT2D eigenvalue weighted by molar-refractivity contribution is 8.01. The maximum absolute atomic E-state index is 12.3. The summed E-state index contributed by atoms with van der Waals surface area (Å²) >= 11 is 2.98. The molecule has 7 heteroatoms. The summed E-state index contributed by atoms with van der Waals surface area (Å²) < 4.78 is 6.64. The average Bonchev–Trinajstić information content (AvgIpc) is 3.00. The molecule has 23 heavy (non-hydrogen) atoms. The van der Waals surface area contributed by atoms with Crippen molar-refractivity contribution < 1.29 is 9.53 Å². The maximum Gasteiger partial charge on any atom is 0.267 e. The highest BCUT2D eigenvalue weighted by Crippen LogP contribution is 2.25. The topological polar surface area (TPSA) is 64.1 Å². The zero-order valence-corrected chi connectivity index (χ0v) is 15.2. The smallest absolute Gasteiger partial charge is 0.267 e. The lowest BCUT2D eigenvalue weighted by Crippen LogP contribution is -2.32. The lowest BCUT2D eigenvalue weighted by Gasteiger charge is -2.16. The molecule has 2 aromatic rings. The van der Waals surface area contributed by atoms with E-state index in [-0.39, 0.29) is 5.91 Å². The van der Waals surface area contributed by atoms with Gasteiger partial charge in [-0.1, -0.05) is 56.0 Å². The number of nitrogens with one attached hydrogen (secondary N) is 1. The third kappa shape index (κ3) is 5.21. The van der Waals surface area contributed by atoms with Crippen molar-refractivity contribution in [2.24, 2.45) is 0 Å². The van der Waals surface area contributed by atoms with Gasteiger partial charge in [0.15, 0.2) is 10.4 Å². The van der Waals surface area contributed by atoms with Gasteiger partial charge in [-0.2, -0.15) is 0 Å². The molecule has 1 N–H and O–H groups in total. The van der Waals surface area contributed by atoms with Crippen LogP contribution in [0.3, 0.4) is 0 Å². The number of benzene rings is 1. The highest BCUT2D eigenvalue weighted by atomic mass is 32.2. The first-order valence-corrected chi connectivity index (χ1v) is 9.49. The van der Waals surface area contributed by atoms with Gasteiger partial charge in [-0.05, 0) is 36.3 Å². The lowest BCUT2D eigenvalue weighted by molar-refractivity contribution is -0.122. The molecule has 0 aliphatic rings. The van der Waals surface area contributed by atoms with Crippen molar-refractivity contribution in [2.45, 2.75) is 44.1 Å². The third-order valence-electron chi connectivity index (χ3n) is 3.18. The average molecular weight is 351 g/mol. The molecule has 2 rings (SSSR count). The van der Waals surface area contributed by atoms with Gasteiger partial charge in [0, 0.05) is 0 Å². The highest BCUT2D eigenvalue weighted by Gasteiger charge is 2.20. The molecule has 0 aliphatic carbocycles. The molecule has 0 saturated carbocycles. The van der Waals surface area contributed by atoms with Gasteiger partial charge in [0.05, 0.1) is 0 Å². The van der Waals surface area contributed by atoms with Crippen molar-refractivity contribution >= 4 is 34.1 Å². The number of anilines is 1. The molecule has 0 radical (unpaired) electrons. The molecule has 1 atom stereocenters. The van der Waals surface area contributed by atoms with Crippen LogP contribution in [0.1, 0.15) is 32.8 Å². The van der Waals surface area contributed by atoms with Crippen molar-refractivity contribution in [1.29, 1.82) is 0 Å². The predicted octanol–water partition coefficient (Wildman–Crippen LogP) is 4.01. The van der Waals surface area contributed by atoms with Crippen molar-refractivity contribution in [3.8, 4) is 5.75 Å². The SMILES string of the molecule is CCSc1nnc(NC(=O)[C@H](CC)Oc2ccc(CC)cc2)s1. The van der Waals surface area contributed by atoms with E-state index in [9.17, 15) is 4.79 Å². The van der Waals surface area contributed by atoms with E-state index in [0.29, 0.717) is 17.3 Å². The van der Waals surface area contributed by atoms with E-state index in [1.165, 1.54) is 16.9 Å². The van der Waals surface area contributed by atoms with Crippen LogP contribution in [0.5, 0.6) is 5.75 Å². The fourth-order valence-electron chi connectivity index (χ4n) is 1.92. The molecule has 1 heterocycles. The number of hydrogen-bond acceptors (Lipinski definition) is 6. The summed E-state index contributed by atoms with van der Waals surface area (Å²) in [5, 5.41) is 11.3. The second-order valence-electron chi connectivity index (χ2n) is 4.81. The van der Waals surface area contributed by atoms with Crippen LogP contribution in [0.25, 0.3) is 0 Å². The monoisotopic (exact) mass is 351 g/mol. The summed E-state index contributed by atoms with van der Waals surface area (Å²) in [6.45, 7) is 6.07.